The molecule has 10 heteroatoms. The van der Waals surface area contributed by atoms with Crippen molar-refractivity contribution in [2.24, 2.45) is 0 Å². The predicted molar refractivity (Wildman–Crippen MR) is 101 cm³/mol. The first-order chi connectivity index (χ1) is 13.2. The fourth-order valence-electron chi connectivity index (χ4n) is 2.79. The molecule has 28 heavy (non-hydrogen) atoms. The molecular weight excluding hydrogens is 410 g/mol. The number of hydrogen-bond donors (Lipinski definition) is 0. The Morgan fingerprint density at radius 2 is 1.43 bits per heavy atom. The zero-order valence-electron chi connectivity index (χ0n) is 14.7. The van der Waals surface area contributed by atoms with E-state index in [0.717, 1.165) is 26.2 Å². The summed E-state index contributed by atoms with van der Waals surface area (Å²) in [4.78, 5) is -0.757. The molecule has 3 rings (SSSR count). The summed E-state index contributed by atoms with van der Waals surface area (Å²) in [6.45, 7) is -0.483. The van der Waals surface area contributed by atoms with Gasteiger partial charge in [-0.2, -0.15) is 8.61 Å². The Hall–Kier alpha value is -2.14. The first-order valence-corrected chi connectivity index (χ1v) is 11.3. The van der Waals surface area contributed by atoms with E-state index < -0.39 is 36.6 Å². The Labute approximate surface area is 162 Å². The van der Waals surface area contributed by atoms with Crippen molar-refractivity contribution in [1.29, 1.82) is 0 Å². The molecule has 1 heterocycles. The zero-order valence-corrected chi connectivity index (χ0v) is 16.3. The van der Waals surface area contributed by atoms with E-state index in [1.54, 1.807) is 24.3 Å². The Kier molecular flexibility index (Phi) is 5.94. The number of sulfonamides is 2. The van der Waals surface area contributed by atoms with Crippen molar-refractivity contribution in [1.82, 2.24) is 8.61 Å². The monoisotopic (exact) mass is 428 g/mol. The number of benzene rings is 2. The van der Waals surface area contributed by atoms with Crippen molar-refractivity contribution < 1.29 is 25.6 Å². The predicted octanol–water partition coefficient (Wildman–Crippen LogP) is 2.27. The largest absolute Gasteiger partial charge is 0.246 e. The third-order valence-corrected chi connectivity index (χ3v) is 7.78. The highest BCUT2D eigenvalue weighted by atomic mass is 32.2. The lowest BCUT2D eigenvalue weighted by Crippen LogP contribution is -2.50. The van der Waals surface area contributed by atoms with Gasteiger partial charge in [0.15, 0.2) is 0 Å². The van der Waals surface area contributed by atoms with Crippen molar-refractivity contribution in [3.8, 4) is 0 Å². The van der Waals surface area contributed by atoms with Crippen LogP contribution in [0.5, 0.6) is 0 Å². The third kappa shape index (κ3) is 4.46. The molecule has 1 saturated heterocycles. The minimum absolute atomic E-state index is 0.0857. The maximum Gasteiger partial charge on any atom is 0.246 e. The maximum atomic E-state index is 13.9. The van der Waals surface area contributed by atoms with Crippen molar-refractivity contribution in [2.75, 3.05) is 26.2 Å². The Morgan fingerprint density at radius 3 is 2.07 bits per heavy atom. The van der Waals surface area contributed by atoms with E-state index in [-0.39, 0.29) is 26.2 Å². The summed E-state index contributed by atoms with van der Waals surface area (Å²) in [5.74, 6) is -1.92. The van der Waals surface area contributed by atoms with Gasteiger partial charge in [0.05, 0.1) is 0 Å². The second kappa shape index (κ2) is 8.08. The van der Waals surface area contributed by atoms with Crippen LogP contribution in [-0.2, 0) is 20.0 Å². The summed E-state index contributed by atoms with van der Waals surface area (Å²) < 4.78 is 79.3. The van der Waals surface area contributed by atoms with E-state index in [9.17, 15) is 25.6 Å². The number of nitrogens with zero attached hydrogens (tertiary/aromatic N) is 2. The highest BCUT2D eigenvalue weighted by molar-refractivity contribution is 7.92. The van der Waals surface area contributed by atoms with Gasteiger partial charge >= 0.3 is 0 Å². The molecule has 2 aromatic carbocycles. The van der Waals surface area contributed by atoms with Gasteiger partial charge in [-0.25, -0.2) is 25.6 Å². The molecular formula is C18H18F2N2O4S2. The molecule has 0 aliphatic carbocycles. The van der Waals surface area contributed by atoms with Gasteiger partial charge < -0.3 is 0 Å². The highest BCUT2D eigenvalue weighted by Crippen LogP contribution is 2.22. The Balaban J connectivity index is 1.71. The molecule has 1 fully saturated rings. The highest BCUT2D eigenvalue weighted by Gasteiger charge is 2.33. The summed E-state index contributed by atoms with van der Waals surface area (Å²) in [6.07, 6.45) is 1.46. The summed E-state index contributed by atoms with van der Waals surface area (Å²) in [5.41, 5.74) is 0.717. The summed E-state index contributed by atoms with van der Waals surface area (Å²) in [5, 5.41) is 1.07. The summed E-state index contributed by atoms with van der Waals surface area (Å²) in [7, 11) is -7.99. The molecule has 0 amide bonds. The van der Waals surface area contributed by atoms with Gasteiger partial charge in [0.2, 0.25) is 20.0 Å². The molecule has 1 aliphatic rings. The van der Waals surface area contributed by atoms with Crippen LogP contribution in [0.4, 0.5) is 8.78 Å². The molecule has 1 aliphatic heterocycles. The van der Waals surface area contributed by atoms with Gasteiger partial charge in [0.25, 0.3) is 0 Å². The van der Waals surface area contributed by atoms with Crippen molar-refractivity contribution in [3.05, 3.63) is 71.1 Å². The van der Waals surface area contributed by atoms with E-state index >= 15 is 0 Å². The van der Waals surface area contributed by atoms with Crippen LogP contribution in [0.25, 0.3) is 6.08 Å². The first-order valence-electron chi connectivity index (χ1n) is 8.39. The third-order valence-electron chi connectivity index (χ3n) is 4.30. The molecule has 0 radical (unpaired) electrons. The molecule has 0 bridgehead atoms. The minimum Gasteiger partial charge on any atom is -0.208 e. The van der Waals surface area contributed by atoms with Crippen molar-refractivity contribution in [3.63, 3.8) is 0 Å². The second-order valence-corrected chi connectivity index (χ2v) is 9.86. The molecule has 0 unspecified atom stereocenters. The van der Waals surface area contributed by atoms with Crippen LogP contribution in [-0.4, -0.2) is 51.6 Å². The van der Waals surface area contributed by atoms with Gasteiger partial charge in [-0.05, 0) is 29.8 Å². The molecule has 150 valence electrons. The van der Waals surface area contributed by atoms with Crippen molar-refractivity contribution >= 4 is 26.1 Å². The lowest BCUT2D eigenvalue weighted by molar-refractivity contribution is 0.274. The van der Waals surface area contributed by atoms with E-state index in [0.29, 0.717) is 11.6 Å². The molecule has 0 spiro atoms. The summed E-state index contributed by atoms with van der Waals surface area (Å²) in [6, 6.07) is 11.1. The average molecular weight is 428 g/mol. The van der Waals surface area contributed by atoms with E-state index in [1.165, 1.54) is 6.08 Å². The van der Waals surface area contributed by atoms with Crippen LogP contribution in [0, 0.1) is 11.6 Å². The van der Waals surface area contributed by atoms with Gasteiger partial charge in [-0.15, -0.1) is 0 Å². The standard InChI is InChI=1S/C18H18F2N2O4S2/c19-16-6-7-17(20)18(14-16)28(25,26)22-11-9-21(10-12-22)27(23,24)13-8-15-4-2-1-3-5-15/h1-8,13-14H,9-12H2. The molecule has 6 nitrogen and oxygen atoms in total. The number of hydrogen-bond acceptors (Lipinski definition) is 4. The molecule has 0 saturated carbocycles. The van der Waals surface area contributed by atoms with Crippen LogP contribution in [0.15, 0.2) is 58.8 Å². The topological polar surface area (TPSA) is 74.8 Å². The zero-order chi connectivity index (χ0) is 20.4. The van der Waals surface area contributed by atoms with Gasteiger partial charge in [0, 0.05) is 31.6 Å². The van der Waals surface area contributed by atoms with Crippen LogP contribution in [0.1, 0.15) is 5.56 Å². The maximum absolute atomic E-state index is 13.9. The smallest absolute Gasteiger partial charge is 0.208 e. The first kappa shape index (κ1) is 20.6. The summed E-state index contributed by atoms with van der Waals surface area (Å²) >= 11 is 0. The van der Waals surface area contributed by atoms with Gasteiger partial charge in [-0.1, -0.05) is 30.3 Å². The van der Waals surface area contributed by atoms with Crippen LogP contribution >= 0.6 is 0 Å². The van der Waals surface area contributed by atoms with E-state index in [2.05, 4.69) is 0 Å². The number of rotatable bonds is 5. The van der Waals surface area contributed by atoms with Crippen LogP contribution in [0.3, 0.4) is 0 Å². The Bertz CT molecular complexity index is 1080. The SMILES string of the molecule is O=S(=O)(C=Cc1ccccc1)N1CCN(S(=O)(=O)c2cc(F)ccc2F)CC1. The normalized spacial score (nSPS) is 17.2. The number of piperazine rings is 1. The van der Waals surface area contributed by atoms with E-state index in [4.69, 9.17) is 0 Å². The molecule has 0 N–H and O–H groups in total. The van der Waals surface area contributed by atoms with Crippen LogP contribution in [0.2, 0.25) is 0 Å². The average Bonchev–Trinajstić information content (AvgIpc) is 2.69. The minimum atomic E-state index is -4.26. The fraction of sp³-hybridized carbons (Fsp3) is 0.222. The van der Waals surface area contributed by atoms with Crippen LogP contribution < -0.4 is 0 Å². The van der Waals surface area contributed by atoms with Crippen molar-refractivity contribution in [2.45, 2.75) is 4.90 Å². The fourth-order valence-corrected chi connectivity index (χ4v) is 5.46. The molecule has 0 aromatic heterocycles. The lowest BCUT2D eigenvalue weighted by Gasteiger charge is -2.32. The van der Waals surface area contributed by atoms with Gasteiger partial charge in [-0.3, -0.25) is 0 Å². The number of halogens is 2. The molecule has 2 aromatic rings. The quantitative estimate of drug-likeness (QED) is 0.732. The molecule has 0 atom stereocenters. The lowest BCUT2D eigenvalue weighted by atomic mass is 10.2. The Morgan fingerprint density at radius 1 is 0.821 bits per heavy atom. The van der Waals surface area contributed by atoms with Gasteiger partial charge in [0.1, 0.15) is 16.5 Å². The second-order valence-electron chi connectivity index (χ2n) is 6.14. The van der Waals surface area contributed by atoms with E-state index in [1.807, 2.05) is 6.07 Å².